The van der Waals surface area contributed by atoms with Crippen molar-refractivity contribution in [1.29, 1.82) is 0 Å². The van der Waals surface area contributed by atoms with E-state index in [4.69, 9.17) is 16.7 Å². The Balaban J connectivity index is 2.20. The molecule has 0 saturated carbocycles. The van der Waals surface area contributed by atoms with Gasteiger partial charge in [0.2, 0.25) is 0 Å². The van der Waals surface area contributed by atoms with Crippen LogP contribution in [0.25, 0.3) is 21.9 Å². The zero-order valence-corrected chi connectivity index (χ0v) is 13.9. The maximum absolute atomic E-state index is 12.3. The Kier molecular flexibility index (Phi) is 4.64. The highest BCUT2D eigenvalue weighted by Gasteiger charge is 2.21. The number of hydrogen-bond donors (Lipinski definition) is 3. The van der Waals surface area contributed by atoms with E-state index in [1.165, 1.54) is 12.1 Å². The van der Waals surface area contributed by atoms with Crippen molar-refractivity contribution < 1.29 is 24.2 Å². The molecule has 0 bridgehead atoms. The molecule has 0 radical (unpaired) electrons. The van der Waals surface area contributed by atoms with Gasteiger partial charge in [-0.05, 0) is 35.4 Å². The van der Waals surface area contributed by atoms with Crippen LogP contribution in [0.4, 0.5) is 0 Å². The number of carbonyl (C=O) groups excluding carboxylic acids is 1. The molecule has 0 aliphatic rings. The number of aliphatic carboxylic acids is 1. The first kappa shape index (κ1) is 17.5. The Bertz CT molecular complexity index is 1090. The van der Waals surface area contributed by atoms with E-state index in [-0.39, 0.29) is 16.3 Å². The van der Waals surface area contributed by atoms with Gasteiger partial charge in [0.05, 0.1) is 5.39 Å². The summed E-state index contributed by atoms with van der Waals surface area (Å²) in [6.07, 6.45) is 0. The maximum atomic E-state index is 12.3. The Hall–Kier alpha value is -3.32. The molecular formula is C18H12ClNO6. The molecule has 0 fully saturated rings. The molecule has 7 nitrogen and oxygen atoms in total. The Morgan fingerprint density at radius 2 is 1.81 bits per heavy atom. The summed E-state index contributed by atoms with van der Waals surface area (Å²) in [6.45, 7) is -0.646. The van der Waals surface area contributed by atoms with Crippen molar-refractivity contribution in [2.75, 3.05) is 6.54 Å². The molecule has 3 aromatic rings. The van der Waals surface area contributed by atoms with Crippen LogP contribution in [0, 0.1) is 0 Å². The van der Waals surface area contributed by atoms with Crippen LogP contribution in [0.5, 0.6) is 5.95 Å². The van der Waals surface area contributed by atoms with Gasteiger partial charge in [-0.1, -0.05) is 29.8 Å². The van der Waals surface area contributed by atoms with Gasteiger partial charge in [0.25, 0.3) is 11.9 Å². The SMILES string of the molecule is O=C(O)CNC(=O)c1c(O)oc(=O)c2ccc(-c3cccc(Cl)c3)cc12. The van der Waals surface area contributed by atoms with Crippen molar-refractivity contribution >= 4 is 34.2 Å². The lowest BCUT2D eigenvalue weighted by atomic mass is 9.99. The van der Waals surface area contributed by atoms with Crippen molar-refractivity contribution in [1.82, 2.24) is 5.32 Å². The topological polar surface area (TPSA) is 117 Å². The summed E-state index contributed by atoms with van der Waals surface area (Å²) in [7, 11) is 0. The van der Waals surface area contributed by atoms with Crippen molar-refractivity contribution in [3.05, 3.63) is 63.5 Å². The van der Waals surface area contributed by atoms with Gasteiger partial charge in [-0.15, -0.1) is 0 Å². The van der Waals surface area contributed by atoms with Gasteiger partial charge in [-0.2, -0.15) is 0 Å². The van der Waals surface area contributed by atoms with Gasteiger partial charge in [-0.3, -0.25) is 9.59 Å². The Labute approximate surface area is 151 Å². The van der Waals surface area contributed by atoms with Crippen molar-refractivity contribution in [2.24, 2.45) is 0 Å². The fourth-order valence-electron chi connectivity index (χ4n) is 2.55. The zero-order chi connectivity index (χ0) is 18.8. The van der Waals surface area contributed by atoms with Gasteiger partial charge in [-0.25, -0.2) is 4.79 Å². The number of carboxylic acid groups (broad SMARTS) is 1. The molecule has 3 rings (SSSR count). The molecule has 2 aromatic carbocycles. The number of carboxylic acids is 1. The van der Waals surface area contributed by atoms with E-state index in [1.807, 2.05) is 0 Å². The fourth-order valence-corrected chi connectivity index (χ4v) is 2.74. The predicted molar refractivity (Wildman–Crippen MR) is 94.6 cm³/mol. The van der Waals surface area contributed by atoms with Gasteiger partial charge < -0.3 is 19.9 Å². The third-order valence-corrected chi connectivity index (χ3v) is 3.93. The molecule has 0 aliphatic heterocycles. The minimum Gasteiger partial charge on any atom is -0.480 e. The molecule has 0 saturated heterocycles. The first-order chi connectivity index (χ1) is 12.4. The van der Waals surface area contributed by atoms with Crippen molar-refractivity contribution in [3.8, 4) is 17.1 Å². The fraction of sp³-hybridized carbons (Fsp3) is 0.0556. The predicted octanol–water partition coefficient (Wildman–Crippen LogP) is 2.63. The molecule has 3 N–H and O–H groups in total. The molecule has 1 amide bonds. The summed E-state index contributed by atoms with van der Waals surface area (Å²) in [5.41, 5.74) is 0.260. The smallest absolute Gasteiger partial charge is 0.346 e. The summed E-state index contributed by atoms with van der Waals surface area (Å²) >= 11 is 5.99. The van der Waals surface area contributed by atoms with Crippen LogP contribution in [0.1, 0.15) is 10.4 Å². The van der Waals surface area contributed by atoms with Gasteiger partial charge in [0, 0.05) is 10.4 Å². The number of fused-ring (bicyclic) bond motifs is 1. The molecule has 1 aromatic heterocycles. The lowest BCUT2D eigenvalue weighted by Crippen LogP contribution is -2.29. The van der Waals surface area contributed by atoms with Crippen LogP contribution < -0.4 is 10.9 Å². The highest BCUT2D eigenvalue weighted by Crippen LogP contribution is 2.30. The molecule has 8 heteroatoms. The van der Waals surface area contributed by atoms with Crippen molar-refractivity contribution in [3.63, 3.8) is 0 Å². The lowest BCUT2D eigenvalue weighted by molar-refractivity contribution is -0.135. The number of nitrogens with one attached hydrogen (secondary N) is 1. The molecule has 0 unspecified atom stereocenters. The molecule has 0 atom stereocenters. The number of carbonyl (C=O) groups is 2. The largest absolute Gasteiger partial charge is 0.480 e. The standard InChI is InChI=1S/C18H12ClNO6/c19-11-3-1-2-9(6-11)10-4-5-12-13(7-10)15(18(25)26-17(12)24)16(23)20-8-14(21)22/h1-7,25H,8H2,(H,20,23)(H,21,22). The van der Waals surface area contributed by atoms with Crippen LogP contribution in [0.15, 0.2) is 51.7 Å². The number of halogens is 1. The quantitative estimate of drug-likeness (QED) is 0.647. The number of benzene rings is 2. The average molecular weight is 374 g/mol. The monoisotopic (exact) mass is 373 g/mol. The second kappa shape index (κ2) is 6.89. The van der Waals surface area contributed by atoms with E-state index >= 15 is 0 Å². The molecule has 132 valence electrons. The second-order valence-corrected chi connectivity index (χ2v) is 5.85. The van der Waals surface area contributed by atoms with E-state index in [2.05, 4.69) is 9.73 Å². The van der Waals surface area contributed by atoms with E-state index in [1.54, 1.807) is 30.3 Å². The molecular weight excluding hydrogens is 362 g/mol. The van der Waals surface area contributed by atoms with E-state index in [0.717, 1.165) is 5.56 Å². The molecule has 0 spiro atoms. The van der Waals surface area contributed by atoms with Crippen LogP contribution in [0.2, 0.25) is 5.02 Å². The molecule has 1 heterocycles. The van der Waals surface area contributed by atoms with E-state index < -0.39 is 30.0 Å². The van der Waals surface area contributed by atoms with Gasteiger partial charge in [0.1, 0.15) is 12.1 Å². The first-order valence-corrected chi connectivity index (χ1v) is 7.80. The molecule has 0 aliphatic carbocycles. The Morgan fingerprint density at radius 3 is 2.50 bits per heavy atom. The number of hydrogen-bond acceptors (Lipinski definition) is 5. The third-order valence-electron chi connectivity index (χ3n) is 3.70. The zero-order valence-electron chi connectivity index (χ0n) is 13.2. The van der Waals surface area contributed by atoms with Crippen LogP contribution in [0.3, 0.4) is 0 Å². The maximum Gasteiger partial charge on any atom is 0.346 e. The Morgan fingerprint density at radius 1 is 1.08 bits per heavy atom. The summed E-state index contributed by atoms with van der Waals surface area (Å²) in [4.78, 5) is 34.9. The highest BCUT2D eigenvalue weighted by molar-refractivity contribution is 6.30. The molecule has 26 heavy (non-hydrogen) atoms. The number of aromatic hydroxyl groups is 1. The second-order valence-electron chi connectivity index (χ2n) is 5.42. The summed E-state index contributed by atoms with van der Waals surface area (Å²) in [6, 6.07) is 11.6. The number of rotatable bonds is 4. The van der Waals surface area contributed by atoms with E-state index in [0.29, 0.717) is 10.6 Å². The summed E-state index contributed by atoms with van der Waals surface area (Å²) in [5, 5.41) is 21.5. The normalized spacial score (nSPS) is 10.7. The average Bonchev–Trinajstić information content (AvgIpc) is 2.59. The van der Waals surface area contributed by atoms with E-state index in [9.17, 15) is 19.5 Å². The van der Waals surface area contributed by atoms with Gasteiger partial charge >= 0.3 is 11.6 Å². The first-order valence-electron chi connectivity index (χ1n) is 7.42. The van der Waals surface area contributed by atoms with Crippen molar-refractivity contribution in [2.45, 2.75) is 0 Å². The number of amides is 1. The van der Waals surface area contributed by atoms with Crippen LogP contribution in [-0.4, -0.2) is 28.6 Å². The van der Waals surface area contributed by atoms with Gasteiger partial charge in [0.15, 0.2) is 0 Å². The lowest BCUT2D eigenvalue weighted by Gasteiger charge is -2.09. The highest BCUT2D eigenvalue weighted by atomic mass is 35.5. The minimum atomic E-state index is -1.25. The summed E-state index contributed by atoms with van der Waals surface area (Å²) in [5.74, 6) is -3.00. The van der Waals surface area contributed by atoms with Crippen LogP contribution >= 0.6 is 11.6 Å². The summed E-state index contributed by atoms with van der Waals surface area (Å²) < 4.78 is 4.68. The minimum absolute atomic E-state index is 0.0778. The van der Waals surface area contributed by atoms with Crippen LogP contribution in [-0.2, 0) is 4.79 Å². The third kappa shape index (κ3) is 3.38.